The molecule has 2 aromatic rings. The van der Waals surface area contributed by atoms with Gasteiger partial charge in [0.25, 0.3) is 0 Å². The quantitative estimate of drug-likeness (QED) is 0.656. The molecule has 0 fully saturated rings. The van der Waals surface area contributed by atoms with Gasteiger partial charge in [0.1, 0.15) is 0 Å². The Morgan fingerprint density at radius 2 is 1.39 bits per heavy atom. The molecule has 0 saturated carbocycles. The second-order valence-electron chi connectivity index (χ2n) is 4.29. The number of rotatable bonds is 0. The fourth-order valence-corrected chi connectivity index (χ4v) is 2.00. The number of nitrogens with zero attached hydrogens (tertiary/aromatic N) is 1. The van der Waals surface area contributed by atoms with Gasteiger partial charge >= 0.3 is 32.7 Å². The third-order valence-corrected chi connectivity index (χ3v) is 3.36. The van der Waals surface area contributed by atoms with Gasteiger partial charge in [0.15, 0.2) is 0 Å². The van der Waals surface area contributed by atoms with Gasteiger partial charge in [0.05, 0.1) is 0 Å². The van der Waals surface area contributed by atoms with E-state index in [1.165, 1.54) is 27.6 Å². The van der Waals surface area contributed by atoms with Crippen LogP contribution in [0.5, 0.6) is 0 Å². The Hall–Kier alpha value is -0.266. The molecular formula is C16H21NY+. The molecule has 0 saturated heterocycles. The Kier molecular flexibility index (Phi) is 7.25. The summed E-state index contributed by atoms with van der Waals surface area (Å²) in [4.78, 5) is 4.51. The Morgan fingerprint density at radius 3 is 1.94 bits per heavy atom. The van der Waals surface area contributed by atoms with Gasteiger partial charge in [0.2, 0.25) is 0 Å². The zero-order valence-corrected chi connectivity index (χ0v) is 15.1. The minimum Gasteiger partial charge on any atom is -0.352 e. The summed E-state index contributed by atoms with van der Waals surface area (Å²) in [5, 5.41) is 1.18. The number of pyridine rings is 1. The molecule has 1 heterocycles. The predicted molar refractivity (Wildman–Crippen MR) is 75.3 cm³/mol. The summed E-state index contributed by atoms with van der Waals surface area (Å²) in [6, 6.07) is 3.40. The second kappa shape index (κ2) is 7.35. The Bertz CT molecular complexity index is 545. The second-order valence-corrected chi connectivity index (χ2v) is 4.29. The maximum absolute atomic E-state index is 4.51. The van der Waals surface area contributed by atoms with Gasteiger partial charge in [-0.25, -0.2) is 0 Å². The van der Waals surface area contributed by atoms with Crippen molar-refractivity contribution >= 4 is 10.9 Å². The molecule has 0 unspecified atom stereocenters. The molecule has 0 amide bonds. The van der Waals surface area contributed by atoms with Crippen molar-refractivity contribution in [3.05, 3.63) is 47.0 Å². The number of hydrogen-bond acceptors (Lipinski definition) is 1. The normalized spacial score (nSPS) is 9.50. The molecular weight excluding hydrogens is 295 g/mol. The van der Waals surface area contributed by atoms with Crippen molar-refractivity contribution in [2.24, 2.45) is 0 Å². The van der Waals surface area contributed by atoms with Gasteiger partial charge in [0, 0.05) is 0 Å². The molecule has 0 spiro atoms. The first-order chi connectivity index (χ1) is 8.02. The van der Waals surface area contributed by atoms with Crippen LogP contribution in [0.4, 0.5) is 0 Å². The molecule has 2 rings (SSSR count). The number of aromatic nitrogens is 1. The summed E-state index contributed by atoms with van der Waals surface area (Å²) >= 11 is 0. The summed E-state index contributed by atoms with van der Waals surface area (Å²) in [7, 11) is 0. The van der Waals surface area contributed by atoms with Crippen LogP contribution in [0.2, 0.25) is 0 Å². The fourth-order valence-electron chi connectivity index (χ4n) is 2.00. The number of aryl methyl sites for hydroxylation is 3. The number of hydrogen-bond donors (Lipinski definition) is 0. The van der Waals surface area contributed by atoms with Crippen molar-refractivity contribution < 1.29 is 32.7 Å². The summed E-state index contributed by atoms with van der Waals surface area (Å²) in [6.07, 6.45) is 1.89. The Labute approximate surface area is 136 Å². The molecule has 92 valence electrons. The van der Waals surface area contributed by atoms with Crippen LogP contribution >= 0.6 is 0 Å². The van der Waals surface area contributed by atoms with E-state index >= 15 is 0 Å². The van der Waals surface area contributed by atoms with E-state index in [1.54, 1.807) is 6.92 Å². The van der Waals surface area contributed by atoms with E-state index in [0.717, 1.165) is 11.1 Å². The van der Waals surface area contributed by atoms with Crippen LogP contribution in [0.25, 0.3) is 10.9 Å². The van der Waals surface area contributed by atoms with E-state index in [2.05, 4.69) is 45.7 Å². The van der Waals surface area contributed by atoms with E-state index in [0.29, 0.717) is 0 Å². The minimum absolute atomic E-state index is 0. The van der Waals surface area contributed by atoms with E-state index in [9.17, 15) is 0 Å². The van der Waals surface area contributed by atoms with Crippen molar-refractivity contribution in [2.45, 2.75) is 41.5 Å². The van der Waals surface area contributed by atoms with Crippen LogP contribution in [0.15, 0.2) is 6.20 Å². The van der Waals surface area contributed by atoms with Crippen molar-refractivity contribution in [2.75, 3.05) is 0 Å². The number of fused-ring (bicyclic) bond motifs is 1. The van der Waals surface area contributed by atoms with Crippen LogP contribution in [-0.2, 0) is 32.7 Å². The molecule has 0 radical (unpaired) electrons. The average Bonchev–Trinajstić information content (AvgIpc) is 2.36. The number of benzene rings is 1. The largest absolute Gasteiger partial charge is 3.00 e. The first-order valence-corrected chi connectivity index (χ1v) is 5.98. The molecule has 0 aliphatic heterocycles. The van der Waals surface area contributed by atoms with Crippen molar-refractivity contribution in [1.82, 2.24) is 4.98 Å². The zero-order chi connectivity index (χ0) is 13.2. The molecule has 2 heteroatoms. The molecule has 0 atom stereocenters. The molecule has 1 aromatic heterocycles. The SMILES string of the molecule is Cc1[c-]c2c(C)c(C)c(C)c(C)c2nc1.[CH2-]C.[Y+3]. The topological polar surface area (TPSA) is 12.9 Å². The van der Waals surface area contributed by atoms with Gasteiger partial charge in [-0.15, -0.1) is 22.6 Å². The van der Waals surface area contributed by atoms with Gasteiger partial charge in [-0.05, 0) is 26.3 Å². The van der Waals surface area contributed by atoms with Gasteiger partial charge in [-0.3, -0.25) is 0 Å². The maximum Gasteiger partial charge on any atom is 3.00 e. The fraction of sp³-hybridized carbons (Fsp3) is 0.375. The zero-order valence-electron chi connectivity index (χ0n) is 12.3. The van der Waals surface area contributed by atoms with Crippen molar-refractivity contribution in [1.29, 1.82) is 0 Å². The third-order valence-electron chi connectivity index (χ3n) is 3.36. The first-order valence-electron chi connectivity index (χ1n) is 5.98. The molecule has 0 aliphatic rings. The first kappa shape index (κ1) is 17.7. The average molecular weight is 316 g/mol. The standard InChI is InChI=1S/C14H16N.C2H5.Y/c1-8-6-13-11(4)9(2)10(3)12(5)14(13)15-7-8;1-2;/h7H,1-5H3;1H2,2H3;/q2*-1;+3. The molecule has 1 nitrogen and oxygen atoms in total. The van der Waals surface area contributed by atoms with Crippen molar-refractivity contribution in [3.8, 4) is 0 Å². The van der Waals surface area contributed by atoms with Gasteiger partial charge < -0.3 is 11.9 Å². The summed E-state index contributed by atoms with van der Waals surface area (Å²) in [5.41, 5.74) is 7.51. The molecule has 18 heavy (non-hydrogen) atoms. The minimum atomic E-state index is 0. The third kappa shape index (κ3) is 3.19. The monoisotopic (exact) mass is 316 g/mol. The maximum atomic E-state index is 4.51. The van der Waals surface area contributed by atoms with E-state index < -0.39 is 0 Å². The Morgan fingerprint density at radius 1 is 0.889 bits per heavy atom. The predicted octanol–water partition coefficient (Wildman–Crippen LogP) is 4.41. The van der Waals surface area contributed by atoms with Crippen LogP contribution < -0.4 is 0 Å². The van der Waals surface area contributed by atoms with E-state index in [1.807, 2.05) is 13.1 Å². The molecule has 1 aromatic carbocycles. The Balaban J connectivity index is 0.000000917. The van der Waals surface area contributed by atoms with Gasteiger partial charge in [-0.2, -0.15) is 6.92 Å². The molecule has 0 N–H and O–H groups in total. The van der Waals surface area contributed by atoms with E-state index in [4.69, 9.17) is 0 Å². The smallest absolute Gasteiger partial charge is 0.352 e. The van der Waals surface area contributed by atoms with Crippen molar-refractivity contribution in [3.63, 3.8) is 0 Å². The molecule has 0 bridgehead atoms. The van der Waals surface area contributed by atoms with Crippen LogP contribution in [0, 0.1) is 47.6 Å². The summed E-state index contributed by atoms with van der Waals surface area (Å²) < 4.78 is 0. The summed E-state index contributed by atoms with van der Waals surface area (Å²) in [6.45, 7) is 15.7. The van der Waals surface area contributed by atoms with Crippen LogP contribution in [0.1, 0.15) is 34.7 Å². The van der Waals surface area contributed by atoms with Crippen LogP contribution in [-0.4, -0.2) is 4.98 Å². The molecule has 0 aliphatic carbocycles. The summed E-state index contributed by atoms with van der Waals surface area (Å²) in [5.74, 6) is 0. The van der Waals surface area contributed by atoms with Crippen LogP contribution in [0.3, 0.4) is 0 Å². The van der Waals surface area contributed by atoms with E-state index in [-0.39, 0.29) is 32.7 Å². The van der Waals surface area contributed by atoms with Gasteiger partial charge in [-0.1, -0.05) is 36.7 Å².